The second kappa shape index (κ2) is 15.7. The molecule has 3 heterocycles. The van der Waals surface area contributed by atoms with Gasteiger partial charge in [0.25, 0.3) is 0 Å². The molecule has 3 rings (SSSR count). The number of aliphatic hydroxyl groups is 2. The maximum atomic E-state index is 13.2. The Bertz CT molecular complexity index is 885. The molecular weight excluding hydrogens is 600 g/mol. The van der Waals surface area contributed by atoms with Crippen LogP contribution < -0.4 is 0 Å². The van der Waals surface area contributed by atoms with Crippen LogP contribution in [0.1, 0.15) is 72.1 Å². The highest BCUT2D eigenvalue weighted by Gasteiger charge is 2.50. The lowest BCUT2D eigenvalue weighted by atomic mass is 9.84. The Morgan fingerprint density at radius 3 is 2.41 bits per heavy atom. The van der Waals surface area contributed by atoms with Gasteiger partial charge in [-0.05, 0) is 50.4 Å². The molecule has 0 aromatic heterocycles. The van der Waals surface area contributed by atoms with Crippen LogP contribution in [-0.4, -0.2) is 97.9 Å². The van der Waals surface area contributed by atoms with Crippen molar-refractivity contribution in [3.05, 3.63) is 23.2 Å². The minimum atomic E-state index is -1.77. The predicted octanol–water partition coefficient (Wildman–Crippen LogP) is 4.15. The first-order valence-corrected chi connectivity index (χ1v) is 15.5. The van der Waals surface area contributed by atoms with Crippen LogP contribution in [-0.2, 0) is 38.0 Å². The van der Waals surface area contributed by atoms with E-state index in [0.29, 0.717) is 38.5 Å². The van der Waals surface area contributed by atoms with Gasteiger partial charge < -0.3 is 43.4 Å². The van der Waals surface area contributed by atoms with Crippen LogP contribution in [0.25, 0.3) is 0 Å². The number of hydrogen-bond donors (Lipinski definition) is 2. The maximum Gasteiger partial charge on any atom is 0.311 e. The lowest BCUT2D eigenvalue weighted by Crippen LogP contribution is -2.60. The van der Waals surface area contributed by atoms with Crippen molar-refractivity contribution < 1.29 is 48.2 Å². The molecule has 236 valence electrons. The fraction of sp³-hybridized carbons (Fsp3) is 0.833. The second-order valence-electron chi connectivity index (χ2n) is 11.9. The zero-order valence-corrected chi connectivity index (χ0v) is 26.8. The van der Waals surface area contributed by atoms with Gasteiger partial charge in [-0.25, -0.2) is 0 Å². The Morgan fingerprint density at radius 2 is 1.76 bits per heavy atom. The molecule has 11 heteroatoms. The highest BCUT2D eigenvalue weighted by Crippen LogP contribution is 2.39. The topological polar surface area (TPSA) is 122 Å². The molecule has 0 radical (unpaired) electrons. The van der Waals surface area contributed by atoms with Crippen molar-refractivity contribution in [1.29, 1.82) is 0 Å². The zero-order valence-electron chi connectivity index (χ0n) is 25.2. The van der Waals surface area contributed by atoms with E-state index < -0.39 is 48.1 Å². The molecule has 10 nitrogen and oxygen atoms in total. The van der Waals surface area contributed by atoms with Crippen molar-refractivity contribution in [2.45, 2.75) is 133 Å². The number of allylic oxidation sites excluding steroid dienone is 3. The summed E-state index contributed by atoms with van der Waals surface area (Å²) in [5, 5.41) is 22.6. The van der Waals surface area contributed by atoms with Crippen LogP contribution in [0.15, 0.2) is 23.2 Å². The number of esters is 1. The minimum Gasteiger partial charge on any atom is -0.459 e. The van der Waals surface area contributed by atoms with Crippen molar-refractivity contribution in [2.75, 3.05) is 21.3 Å². The van der Waals surface area contributed by atoms with E-state index >= 15 is 0 Å². The molecule has 0 aromatic rings. The number of rotatable bonds is 9. The Hall–Kier alpha value is -0.890. The molecule has 0 aliphatic carbocycles. The van der Waals surface area contributed by atoms with Gasteiger partial charge in [0.1, 0.15) is 23.9 Å². The summed E-state index contributed by atoms with van der Waals surface area (Å²) in [7, 11) is 4.76. The maximum absolute atomic E-state index is 13.2. The van der Waals surface area contributed by atoms with Crippen LogP contribution >= 0.6 is 15.9 Å². The van der Waals surface area contributed by atoms with E-state index in [2.05, 4.69) is 15.9 Å². The third-order valence-electron chi connectivity index (χ3n) is 8.51. The lowest BCUT2D eigenvalue weighted by molar-refractivity contribution is -0.339. The van der Waals surface area contributed by atoms with Crippen molar-refractivity contribution in [3.8, 4) is 0 Å². The standard InChI is InChI=1S/C30H49BrO10/c1-19-11-12-21-15-22(39-28-27(37-6)26(36-5)25(35-4)20(2)38-28)16-30(34,40-21)18-24(33)41-29(3,17-23(19)32)13-9-7-8-10-14-31/h7-8,10,14,19-23,25-28,32,34H,9,11-13,15-18H2,1-6H3. The Morgan fingerprint density at radius 1 is 1.05 bits per heavy atom. The van der Waals surface area contributed by atoms with Gasteiger partial charge in [-0.2, -0.15) is 0 Å². The van der Waals surface area contributed by atoms with Crippen molar-refractivity contribution in [1.82, 2.24) is 0 Å². The molecule has 3 saturated heterocycles. The third-order valence-corrected chi connectivity index (χ3v) is 8.82. The molecular formula is C30H49BrO10. The Labute approximate surface area is 252 Å². The van der Waals surface area contributed by atoms with Crippen LogP contribution in [0, 0.1) is 5.92 Å². The van der Waals surface area contributed by atoms with Crippen LogP contribution in [0.5, 0.6) is 0 Å². The van der Waals surface area contributed by atoms with E-state index in [-0.39, 0.29) is 37.1 Å². The highest BCUT2D eigenvalue weighted by molar-refractivity contribution is 9.11. The first-order chi connectivity index (χ1) is 19.5. The van der Waals surface area contributed by atoms with Crippen molar-refractivity contribution in [3.63, 3.8) is 0 Å². The monoisotopic (exact) mass is 648 g/mol. The number of hydrogen-bond acceptors (Lipinski definition) is 10. The molecule has 0 saturated carbocycles. The van der Waals surface area contributed by atoms with Crippen molar-refractivity contribution >= 4 is 21.9 Å². The molecule has 0 amide bonds. The van der Waals surface area contributed by atoms with Gasteiger partial charge in [-0.1, -0.05) is 41.1 Å². The minimum absolute atomic E-state index is 0.0607. The summed E-state index contributed by atoms with van der Waals surface area (Å²) in [6, 6.07) is 0. The van der Waals surface area contributed by atoms with Gasteiger partial charge in [-0.15, -0.1) is 0 Å². The first-order valence-electron chi connectivity index (χ1n) is 14.6. The van der Waals surface area contributed by atoms with Gasteiger partial charge in [0, 0.05) is 40.6 Å². The summed E-state index contributed by atoms with van der Waals surface area (Å²) in [6.45, 7) is 5.71. The van der Waals surface area contributed by atoms with E-state index in [1.165, 1.54) is 0 Å². The quantitative estimate of drug-likeness (QED) is 0.278. The number of methoxy groups -OCH3 is 3. The number of carbonyl (C=O) groups excluding carboxylic acids is 1. The Kier molecular flexibility index (Phi) is 13.3. The summed E-state index contributed by atoms with van der Waals surface area (Å²) in [5.41, 5.74) is -0.905. The molecule has 41 heavy (non-hydrogen) atoms. The van der Waals surface area contributed by atoms with Gasteiger partial charge in [-0.3, -0.25) is 4.79 Å². The summed E-state index contributed by atoms with van der Waals surface area (Å²) in [6.07, 6.45) is 4.75. The highest BCUT2D eigenvalue weighted by atomic mass is 79.9. The van der Waals surface area contributed by atoms with E-state index in [1.54, 1.807) is 26.3 Å². The number of ether oxygens (including phenoxy) is 7. The molecule has 3 fully saturated rings. The van der Waals surface area contributed by atoms with Gasteiger partial charge >= 0.3 is 5.97 Å². The normalized spacial score (nSPS) is 43.0. The molecule has 0 aromatic carbocycles. The average Bonchev–Trinajstić information content (AvgIpc) is 2.89. The van der Waals surface area contributed by atoms with E-state index in [9.17, 15) is 15.0 Å². The Balaban J connectivity index is 1.78. The van der Waals surface area contributed by atoms with Gasteiger partial charge in [0.2, 0.25) is 0 Å². The van der Waals surface area contributed by atoms with Crippen molar-refractivity contribution in [2.24, 2.45) is 5.92 Å². The van der Waals surface area contributed by atoms with E-state index in [0.717, 1.165) is 0 Å². The summed E-state index contributed by atoms with van der Waals surface area (Å²) < 4.78 is 41.7. The third kappa shape index (κ3) is 9.55. The van der Waals surface area contributed by atoms with Crippen LogP contribution in [0.2, 0.25) is 0 Å². The lowest BCUT2D eigenvalue weighted by Gasteiger charge is -2.47. The van der Waals surface area contributed by atoms with Crippen LogP contribution in [0.3, 0.4) is 0 Å². The largest absolute Gasteiger partial charge is 0.459 e. The molecule has 0 spiro atoms. The molecule has 11 unspecified atom stereocenters. The number of halogens is 1. The van der Waals surface area contributed by atoms with Crippen LogP contribution in [0.4, 0.5) is 0 Å². The smallest absolute Gasteiger partial charge is 0.311 e. The second-order valence-corrected chi connectivity index (χ2v) is 12.4. The summed E-state index contributed by atoms with van der Waals surface area (Å²) in [5.74, 6) is -2.42. The number of fused-ring (bicyclic) bond motifs is 2. The first kappa shape index (κ1) is 34.6. The molecule has 2 N–H and O–H groups in total. The van der Waals surface area contributed by atoms with E-state index in [4.69, 9.17) is 33.2 Å². The average molecular weight is 650 g/mol. The van der Waals surface area contributed by atoms with E-state index in [1.807, 2.05) is 39.0 Å². The number of cyclic esters (lactones) is 1. The molecule has 11 atom stereocenters. The summed E-state index contributed by atoms with van der Waals surface area (Å²) >= 11 is 3.24. The fourth-order valence-electron chi connectivity index (χ4n) is 6.27. The SMILES string of the molecule is COC1C(C)OC(OC2CC3CCC(C)C(O)CC(C)(CCC=CC=CBr)OC(=O)CC(O)(C2)O3)C(OC)C1OC. The summed E-state index contributed by atoms with van der Waals surface area (Å²) in [4.78, 5) is 15.0. The number of carbonyl (C=O) groups is 1. The molecule has 3 aliphatic rings. The predicted molar refractivity (Wildman–Crippen MR) is 155 cm³/mol. The van der Waals surface area contributed by atoms with Gasteiger partial charge in [0.15, 0.2) is 12.1 Å². The fourth-order valence-corrected chi connectivity index (χ4v) is 6.44. The van der Waals surface area contributed by atoms with Gasteiger partial charge in [0.05, 0.1) is 30.8 Å². The zero-order chi connectivity index (χ0) is 30.2. The number of aliphatic hydroxyl groups excluding tert-OH is 1. The molecule has 2 bridgehead atoms. The molecule has 3 aliphatic heterocycles.